The molecule has 76 valence electrons. The van der Waals surface area contributed by atoms with Crippen LogP contribution >= 0.6 is 0 Å². The van der Waals surface area contributed by atoms with Gasteiger partial charge < -0.3 is 5.11 Å². The summed E-state index contributed by atoms with van der Waals surface area (Å²) in [6.07, 6.45) is 7.82. The predicted octanol–water partition coefficient (Wildman–Crippen LogP) is 2.19. The summed E-state index contributed by atoms with van der Waals surface area (Å²) in [6.45, 7) is 4.01. The maximum Gasteiger partial charge on any atom is 0.124 e. The third kappa shape index (κ3) is 4.44. The summed E-state index contributed by atoms with van der Waals surface area (Å²) in [5.74, 6) is 0. The molecule has 0 radical (unpaired) electrons. The van der Waals surface area contributed by atoms with Gasteiger partial charge in [-0.2, -0.15) is 0 Å². The number of hydrogen-bond acceptors (Lipinski definition) is 2. The first-order valence-electron chi connectivity index (χ1n) is 5.27. The normalized spacial score (nSPS) is 21.2. The van der Waals surface area contributed by atoms with Gasteiger partial charge in [0.15, 0.2) is 0 Å². The molecule has 1 unspecified atom stereocenters. The summed E-state index contributed by atoms with van der Waals surface area (Å²) in [5, 5.41) is 12.8. The summed E-state index contributed by atoms with van der Waals surface area (Å²) in [7, 11) is 0. The van der Waals surface area contributed by atoms with E-state index in [1.807, 2.05) is 19.9 Å². The van der Waals surface area contributed by atoms with E-state index in [2.05, 4.69) is 5.32 Å². The Morgan fingerprint density at radius 3 is 2.46 bits per heavy atom. The van der Waals surface area contributed by atoms with Crippen LogP contribution in [-0.2, 0) is 0 Å². The number of hydrogen-bond donors (Lipinski definition) is 2. The van der Waals surface area contributed by atoms with Gasteiger partial charge in [0.05, 0.1) is 0 Å². The molecule has 0 spiro atoms. The largest absolute Gasteiger partial charge is 0.375 e. The Hall–Kier alpha value is -0.340. The molecule has 1 saturated carbocycles. The maximum atomic E-state index is 9.58. The van der Waals surface area contributed by atoms with Crippen molar-refractivity contribution < 1.29 is 5.11 Å². The molecule has 0 aromatic heterocycles. The second-order valence-corrected chi connectivity index (χ2v) is 4.19. The molecule has 0 amide bonds. The fourth-order valence-corrected chi connectivity index (χ4v) is 1.87. The highest BCUT2D eigenvalue weighted by Gasteiger charge is 2.14. The highest BCUT2D eigenvalue weighted by atomic mass is 16.3. The quantitative estimate of drug-likeness (QED) is 0.519. The van der Waals surface area contributed by atoms with Crippen molar-refractivity contribution in [2.45, 2.75) is 58.2 Å². The predicted molar refractivity (Wildman–Crippen MR) is 55.4 cm³/mol. The minimum Gasteiger partial charge on any atom is -0.375 e. The lowest BCUT2D eigenvalue weighted by Gasteiger charge is -2.24. The first kappa shape index (κ1) is 10.7. The van der Waals surface area contributed by atoms with Crippen LogP contribution in [0.25, 0.3) is 0 Å². The molecule has 1 atom stereocenters. The Bertz CT molecular complexity index is 167. The molecule has 2 heteroatoms. The lowest BCUT2D eigenvalue weighted by atomic mass is 9.95. The van der Waals surface area contributed by atoms with Crippen LogP contribution in [0.1, 0.15) is 46.0 Å². The van der Waals surface area contributed by atoms with Crippen LogP contribution in [0.3, 0.4) is 0 Å². The lowest BCUT2D eigenvalue weighted by Crippen LogP contribution is -2.38. The average molecular weight is 183 g/mol. The summed E-state index contributed by atoms with van der Waals surface area (Å²) in [4.78, 5) is 0. The van der Waals surface area contributed by atoms with Crippen LogP contribution in [0.2, 0.25) is 0 Å². The molecule has 1 aliphatic carbocycles. The zero-order valence-corrected chi connectivity index (χ0v) is 8.71. The van der Waals surface area contributed by atoms with E-state index in [0.29, 0.717) is 6.04 Å². The van der Waals surface area contributed by atoms with Crippen LogP contribution < -0.4 is 5.32 Å². The number of aliphatic hydroxyl groups is 1. The second kappa shape index (κ2) is 5.40. The lowest BCUT2D eigenvalue weighted by molar-refractivity contribution is 0.154. The molecular formula is C11H21NO. The van der Waals surface area contributed by atoms with Crippen molar-refractivity contribution in [1.82, 2.24) is 5.32 Å². The number of aliphatic hydroxyl groups excluding tert-OH is 1. The molecule has 0 heterocycles. The Labute approximate surface area is 81.0 Å². The molecule has 0 aromatic rings. The van der Waals surface area contributed by atoms with Crippen LogP contribution in [0.4, 0.5) is 0 Å². The SMILES string of the molecule is CC(C)=CC(O)NC1CCCCC1. The van der Waals surface area contributed by atoms with Gasteiger partial charge in [0.2, 0.25) is 0 Å². The maximum absolute atomic E-state index is 9.58. The topological polar surface area (TPSA) is 32.3 Å². The van der Waals surface area contributed by atoms with Gasteiger partial charge in [-0.1, -0.05) is 24.8 Å². The minimum absolute atomic E-state index is 0.451. The van der Waals surface area contributed by atoms with Crippen molar-refractivity contribution in [2.75, 3.05) is 0 Å². The Morgan fingerprint density at radius 1 is 1.31 bits per heavy atom. The fourth-order valence-electron chi connectivity index (χ4n) is 1.87. The first-order chi connectivity index (χ1) is 6.18. The molecular weight excluding hydrogens is 162 g/mol. The van der Waals surface area contributed by atoms with Gasteiger partial charge in [-0.3, -0.25) is 5.32 Å². The Morgan fingerprint density at radius 2 is 1.92 bits per heavy atom. The summed E-state index contributed by atoms with van der Waals surface area (Å²) < 4.78 is 0. The van der Waals surface area contributed by atoms with Crippen molar-refractivity contribution in [3.63, 3.8) is 0 Å². The van der Waals surface area contributed by atoms with Gasteiger partial charge in [-0.05, 0) is 32.8 Å². The number of allylic oxidation sites excluding steroid dienone is 1. The summed E-state index contributed by atoms with van der Waals surface area (Å²) in [5.41, 5.74) is 1.16. The average Bonchev–Trinajstić information content (AvgIpc) is 2.04. The molecule has 0 aromatic carbocycles. The summed E-state index contributed by atoms with van der Waals surface area (Å²) >= 11 is 0. The zero-order chi connectivity index (χ0) is 9.68. The van der Waals surface area contributed by atoms with Gasteiger partial charge in [-0.15, -0.1) is 0 Å². The summed E-state index contributed by atoms with van der Waals surface area (Å²) in [6, 6.07) is 0.527. The molecule has 0 aliphatic heterocycles. The molecule has 1 fully saturated rings. The van der Waals surface area contributed by atoms with Gasteiger partial charge in [0.25, 0.3) is 0 Å². The van der Waals surface area contributed by atoms with E-state index in [1.54, 1.807) is 0 Å². The van der Waals surface area contributed by atoms with E-state index in [9.17, 15) is 5.11 Å². The fraction of sp³-hybridized carbons (Fsp3) is 0.818. The van der Waals surface area contributed by atoms with Gasteiger partial charge in [-0.25, -0.2) is 0 Å². The molecule has 0 bridgehead atoms. The molecule has 0 saturated heterocycles. The van der Waals surface area contributed by atoms with Gasteiger partial charge >= 0.3 is 0 Å². The van der Waals surface area contributed by atoms with Crippen LogP contribution in [0, 0.1) is 0 Å². The monoisotopic (exact) mass is 183 g/mol. The van der Waals surface area contributed by atoms with Crippen molar-refractivity contribution in [1.29, 1.82) is 0 Å². The number of nitrogens with one attached hydrogen (secondary N) is 1. The molecule has 1 aliphatic rings. The standard InChI is InChI=1S/C11H21NO/c1-9(2)8-11(13)12-10-6-4-3-5-7-10/h8,10-13H,3-7H2,1-2H3. The van der Waals surface area contributed by atoms with Crippen molar-refractivity contribution in [3.05, 3.63) is 11.6 Å². The number of rotatable bonds is 3. The van der Waals surface area contributed by atoms with Crippen LogP contribution in [0.5, 0.6) is 0 Å². The van der Waals surface area contributed by atoms with Crippen molar-refractivity contribution >= 4 is 0 Å². The second-order valence-electron chi connectivity index (χ2n) is 4.19. The molecule has 2 N–H and O–H groups in total. The smallest absolute Gasteiger partial charge is 0.124 e. The van der Waals surface area contributed by atoms with Crippen LogP contribution in [-0.4, -0.2) is 17.4 Å². The van der Waals surface area contributed by atoms with Crippen LogP contribution in [0.15, 0.2) is 11.6 Å². The Balaban J connectivity index is 2.26. The highest BCUT2D eigenvalue weighted by Crippen LogP contribution is 2.17. The van der Waals surface area contributed by atoms with E-state index in [4.69, 9.17) is 0 Å². The van der Waals surface area contributed by atoms with E-state index < -0.39 is 6.23 Å². The van der Waals surface area contributed by atoms with Crippen molar-refractivity contribution in [2.24, 2.45) is 0 Å². The van der Waals surface area contributed by atoms with Gasteiger partial charge in [0.1, 0.15) is 6.23 Å². The van der Waals surface area contributed by atoms with E-state index in [0.717, 1.165) is 5.57 Å². The van der Waals surface area contributed by atoms with Gasteiger partial charge in [0, 0.05) is 6.04 Å². The highest BCUT2D eigenvalue weighted by molar-refractivity contribution is 4.97. The van der Waals surface area contributed by atoms with E-state index >= 15 is 0 Å². The van der Waals surface area contributed by atoms with Crippen molar-refractivity contribution in [3.8, 4) is 0 Å². The first-order valence-corrected chi connectivity index (χ1v) is 5.27. The minimum atomic E-state index is -0.451. The molecule has 13 heavy (non-hydrogen) atoms. The Kier molecular flexibility index (Phi) is 4.46. The van der Waals surface area contributed by atoms with E-state index in [-0.39, 0.29) is 0 Å². The third-order valence-corrected chi connectivity index (χ3v) is 2.50. The van der Waals surface area contributed by atoms with E-state index in [1.165, 1.54) is 32.1 Å². The molecule has 1 rings (SSSR count). The zero-order valence-electron chi connectivity index (χ0n) is 8.71. The molecule has 2 nitrogen and oxygen atoms in total. The third-order valence-electron chi connectivity index (χ3n) is 2.50.